The lowest BCUT2D eigenvalue weighted by molar-refractivity contribution is 0.0952. The molecule has 0 saturated carbocycles. The first-order valence-electron chi connectivity index (χ1n) is 8.13. The van der Waals surface area contributed by atoms with E-state index < -0.39 is 0 Å². The molecule has 3 aromatic rings. The Kier molecular flexibility index (Phi) is 5.67. The van der Waals surface area contributed by atoms with Crippen molar-refractivity contribution < 1.29 is 9.53 Å². The lowest BCUT2D eigenvalue weighted by Crippen LogP contribution is -2.26. The summed E-state index contributed by atoms with van der Waals surface area (Å²) in [4.78, 5) is 12.3. The fourth-order valence-electron chi connectivity index (χ4n) is 2.40. The summed E-state index contributed by atoms with van der Waals surface area (Å²) in [6.45, 7) is 3.08. The maximum Gasteiger partial charge on any atom is 0.252 e. The van der Waals surface area contributed by atoms with E-state index in [1.165, 1.54) is 0 Å². The molecule has 9 heteroatoms. The highest BCUT2D eigenvalue weighted by Crippen LogP contribution is 2.22. The van der Waals surface area contributed by atoms with Gasteiger partial charge in [-0.25, -0.2) is 0 Å². The van der Waals surface area contributed by atoms with E-state index in [2.05, 4.69) is 41.9 Å². The number of carbonyl (C=O) groups is 1. The summed E-state index contributed by atoms with van der Waals surface area (Å²) in [6, 6.07) is 9.02. The highest BCUT2D eigenvalue weighted by molar-refractivity contribution is 9.10. The summed E-state index contributed by atoms with van der Waals surface area (Å²) in [6.07, 6.45) is 0.758. The number of fused-ring (bicyclic) bond motifs is 1. The molecule has 0 atom stereocenters. The Morgan fingerprint density at radius 1 is 1.23 bits per heavy atom. The minimum atomic E-state index is -0.143. The summed E-state index contributed by atoms with van der Waals surface area (Å²) >= 11 is 3.39. The molecular formula is C17H19BrN6O2. The lowest BCUT2D eigenvalue weighted by atomic mass is 10.2. The van der Waals surface area contributed by atoms with Crippen LogP contribution in [0.2, 0.25) is 0 Å². The van der Waals surface area contributed by atoms with E-state index in [1.54, 1.807) is 29.8 Å². The molecule has 0 spiro atoms. The maximum atomic E-state index is 12.3. The van der Waals surface area contributed by atoms with Gasteiger partial charge in [0.05, 0.1) is 12.7 Å². The number of methoxy groups -OCH3 is 1. The Morgan fingerprint density at radius 2 is 2.08 bits per heavy atom. The van der Waals surface area contributed by atoms with Gasteiger partial charge in [0.1, 0.15) is 11.6 Å². The van der Waals surface area contributed by atoms with Crippen molar-refractivity contribution in [2.75, 3.05) is 25.5 Å². The van der Waals surface area contributed by atoms with Crippen LogP contribution in [0, 0.1) is 6.92 Å². The molecule has 1 amide bonds. The van der Waals surface area contributed by atoms with E-state index in [0.717, 1.165) is 22.5 Å². The molecule has 2 heterocycles. The molecule has 8 nitrogen and oxygen atoms in total. The van der Waals surface area contributed by atoms with E-state index in [4.69, 9.17) is 4.74 Å². The third kappa shape index (κ3) is 4.10. The van der Waals surface area contributed by atoms with Gasteiger partial charge in [-0.3, -0.25) is 4.79 Å². The Balaban J connectivity index is 1.47. The van der Waals surface area contributed by atoms with Gasteiger partial charge in [0.15, 0.2) is 11.5 Å². The van der Waals surface area contributed by atoms with Crippen molar-refractivity contribution in [2.24, 2.45) is 0 Å². The van der Waals surface area contributed by atoms with Crippen LogP contribution in [0.15, 0.2) is 34.8 Å². The third-order valence-corrected chi connectivity index (χ3v) is 4.47. The van der Waals surface area contributed by atoms with Crippen LogP contribution in [-0.4, -0.2) is 45.9 Å². The van der Waals surface area contributed by atoms with E-state index in [9.17, 15) is 4.79 Å². The molecule has 0 fully saturated rings. The fraction of sp³-hybridized carbons (Fsp3) is 0.294. The maximum absolute atomic E-state index is 12.3. The molecule has 0 aliphatic carbocycles. The molecule has 2 aromatic heterocycles. The number of anilines is 1. The van der Waals surface area contributed by atoms with Crippen LogP contribution in [0.3, 0.4) is 0 Å². The van der Waals surface area contributed by atoms with Gasteiger partial charge in [-0.2, -0.15) is 4.52 Å². The molecule has 3 rings (SSSR count). The van der Waals surface area contributed by atoms with Crippen molar-refractivity contribution in [3.05, 3.63) is 46.2 Å². The SMILES string of the molecule is COc1ccc(Br)c(C(=O)NCCCNc2ccc3nnc(C)n3n2)c1. The van der Waals surface area contributed by atoms with Crippen LogP contribution in [0.4, 0.5) is 5.82 Å². The second kappa shape index (κ2) is 8.13. The normalized spacial score (nSPS) is 10.7. The van der Waals surface area contributed by atoms with Gasteiger partial charge >= 0.3 is 0 Å². The van der Waals surface area contributed by atoms with Crippen molar-refractivity contribution in [3.63, 3.8) is 0 Å². The number of halogens is 1. The zero-order valence-electron chi connectivity index (χ0n) is 14.5. The Morgan fingerprint density at radius 3 is 2.88 bits per heavy atom. The molecule has 0 radical (unpaired) electrons. The highest BCUT2D eigenvalue weighted by Gasteiger charge is 2.10. The molecule has 0 aliphatic rings. The van der Waals surface area contributed by atoms with Gasteiger partial charge in [-0.15, -0.1) is 15.3 Å². The number of carbonyl (C=O) groups excluding carboxylic acids is 1. The van der Waals surface area contributed by atoms with Crippen LogP contribution in [0.25, 0.3) is 5.65 Å². The number of rotatable bonds is 7. The summed E-state index contributed by atoms with van der Waals surface area (Å²) in [5.41, 5.74) is 1.26. The zero-order chi connectivity index (χ0) is 18.5. The van der Waals surface area contributed by atoms with Crippen molar-refractivity contribution >= 4 is 33.3 Å². The smallest absolute Gasteiger partial charge is 0.252 e. The fourth-order valence-corrected chi connectivity index (χ4v) is 2.82. The average Bonchev–Trinajstić information content (AvgIpc) is 3.02. The predicted molar refractivity (Wildman–Crippen MR) is 102 cm³/mol. The van der Waals surface area contributed by atoms with Gasteiger partial charge in [0, 0.05) is 17.6 Å². The first kappa shape index (κ1) is 18.1. The lowest BCUT2D eigenvalue weighted by Gasteiger charge is -2.09. The van der Waals surface area contributed by atoms with Crippen LogP contribution in [-0.2, 0) is 0 Å². The van der Waals surface area contributed by atoms with Gasteiger partial charge < -0.3 is 15.4 Å². The third-order valence-electron chi connectivity index (χ3n) is 3.78. The Labute approximate surface area is 159 Å². The zero-order valence-corrected chi connectivity index (χ0v) is 16.1. The van der Waals surface area contributed by atoms with Crippen molar-refractivity contribution in [3.8, 4) is 5.75 Å². The summed E-state index contributed by atoms with van der Waals surface area (Å²) in [5.74, 6) is 1.98. The molecule has 0 aliphatic heterocycles. The molecule has 136 valence electrons. The number of amides is 1. The van der Waals surface area contributed by atoms with Crippen molar-refractivity contribution in [1.29, 1.82) is 0 Å². The number of ether oxygens (including phenoxy) is 1. The van der Waals surface area contributed by atoms with Gasteiger partial charge in [-0.05, 0) is 59.6 Å². The average molecular weight is 419 g/mol. The second-order valence-electron chi connectivity index (χ2n) is 5.62. The van der Waals surface area contributed by atoms with Crippen LogP contribution in [0.5, 0.6) is 5.75 Å². The van der Waals surface area contributed by atoms with Crippen molar-refractivity contribution in [2.45, 2.75) is 13.3 Å². The molecule has 26 heavy (non-hydrogen) atoms. The van der Waals surface area contributed by atoms with Gasteiger partial charge in [0.2, 0.25) is 0 Å². The standard InChI is InChI=1S/C17H19BrN6O2/c1-11-21-22-16-7-6-15(23-24(11)16)19-8-3-9-20-17(25)13-10-12(26-2)4-5-14(13)18/h4-7,10H,3,8-9H2,1-2H3,(H,19,23)(H,20,25). The van der Waals surface area contributed by atoms with E-state index in [-0.39, 0.29) is 5.91 Å². The number of hydrogen-bond donors (Lipinski definition) is 2. The summed E-state index contributed by atoms with van der Waals surface area (Å²) in [7, 11) is 1.57. The number of aryl methyl sites for hydroxylation is 1. The molecule has 2 N–H and O–H groups in total. The van der Waals surface area contributed by atoms with Crippen LogP contribution in [0.1, 0.15) is 22.6 Å². The minimum absolute atomic E-state index is 0.143. The summed E-state index contributed by atoms with van der Waals surface area (Å²) in [5, 5.41) is 18.5. The number of aromatic nitrogens is 4. The largest absolute Gasteiger partial charge is 0.497 e. The van der Waals surface area contributed by atoms with Crippen LogP contribution < -0.4 is 15.4 Å². The first-order chi connectivity index (χ1) is 12.6. The molecule has 0 bridgehead atoms. The van der Waals surface area contributed by atoms with E-state index >= 15 is 0 Å². The van der Waals surface area contributed by atoms with E-state index in [1.807, 2.05) is 19.1 Å². The number of nitrogens with zero attached hydrogens (tertiary/aromatic N) is 4. The summed E-state index contributed by atoms with van der Waals surface area (Å²) < 4.78 is 7.57. The first-order valence-corrected chi connectivity index (χ1v) is 8.92. The van der Waals surface area contributed by atoms with Gasteiger partial charge in [-0.1, -0.05) is 0 Å². The minimum Gasteiger partial charge on any atom is -0.497 e. The van der Waals surface area contributed by atoms with Gasteiger partial charge in [0.25, 0.3) is 5.91 Å². The monoisotopic (exact) mass is 418 g/mol. The molecule has 0 saturated heterocycles. The Bertz CT molecular complexity index is 927. The number of nitrogens with one attached hydrogen (secondary N) is 2. The number of benzene rings is 1. The number of hydrogen-bond acceptors (Lipinski definition) is 6. The quantitative estimate of drug-likeness (QED) is 0.572. The van der Waals surface area contributed by atoms with Crippen LogP contribution >= 0.6 is 15.9 Å². The molecule has 0 unspecified atom stereocenters. The Hall–Kier alpha value is -2.68. The topological polar surface area (TPSA) is 93.4 Å². The van der Waals surface area contributed by atoms with E-state index in [0.29, 0.717) is 30.0 Å². The second-order valence-corrected chi connectivity index (χ2v) is 6.47. The van der Waals surface area contributed by atoms with Crippen molar-refractivity contribution in [1.82, 2.24) is 25.1 Å². The molecule has 1 aromatic carbocycles. The highest BCUT2D eigenvalue weighted by atomic mass is 79.9. The predicted octanol–water partition coefficient (Wildman–Crippen LogP) is 2.44. The molecular weight excluding hydrogens is 400 g/mol.